The van der Waals surface area contributed by atoms with Crippen LogP contribution in [0.3, 0.4) is 0 Å². The lowest BCUT2D eigenvalue weighted by Gasteiger charge is -2.25. The number of rotatable bonds is 4. The van der Waals surface area contributed by atoms with Gasteiger partial charge in [-0.1, -0.05) is 5.16 Å². The molecule has 1 amide bonds. The highest BCUT2D eigenvalue weighted by Crippen LogP contribution is 2.27. The molecule has 25 heavy (non-hydrogen) atoms. The second-order valence-electron chi connectivity index (χ2n) is 7.08. The number of amides is 1. The van der Waals surface area contributed by atoms with Crippen molar-refractivity contribution in [2.75, 3.05) is 26.2 Å². The van der Waals surface area contributed by atoms with Gasteiger partial charge < -0.3 is 14.7 Å². The van der Waals surface area contributed by atoms with Crippen molar-refractivity contribution in [3.05, 3.63) is 11.5 Å². The van der Waals surface area contributed by atoms with Gasteiger partial charge in [0.05, 0.1) is 6.04 Å². The Bertz CT molecular complexity index is 712. The number of carbonyl (C=O) groups is 1. The van der Waals surface area contributed by atoms with Crippen LogP contribution in [0, 0.1) is 25.7 Å². The maximum Gasteiger partial charge on any atom is 0.246 e. The van der Waals surface area contributed by atoms with E-state index in [0.29, 0.717) is 30.6 Å². The summed E-state index contributed by atoms with van der Waals surface area (Å²) in [6.07, 6.45) is 1.93. The van der Waals surface area contributed by atoms with E-state index in [4.69, 9.17) is 4.52 Å². The Kier molecular flexibility index (Phi) is 5.17. The molecule has 9 heteroatoms. The second kappa shape index (κ2) is 7.05. The quantitative estimate of drug-likeness (QED) is 0.796. The topological polar surface area (TPSA) is 105 Å². The van der Waals surface area contributed by atoms with Gasteiger partial charge in [0.15, 0.2) is 5.76 Å². The van der Waals surface area contributed by atoms with E-state index >= 15 is 0 Å². The summed E-state index contributed by atoms with van der Waals surface area (Å²) in [4.78, 5) is 14.5. The number of aryl methyl sites for hydroxylation is 2. The van der Waals surface area contributed by atoms with Gasteiger partial charge in [-0.2, -0.15) is 4.72 Å². The summed E-state index contributed by atoms with van der Waals surface area (Å²) in [5.41, 5.74) is 0.291. The third kappa shape index (κ3) is 3.73. The molecular weight excluding hydrogens is 344 g/mol. The van der Waals surface area contributed by atoms with Crippen molar-refractivity contribution in [2.45, 2.75) is 44.6 Å². The summed E-state index contributed by atoms with van der Waals surface area (Å²) < 4.78 is 32.5. The van der Waals surface area contributed by atoms with E-state index in [-0.39, 0.29) is 16.6 Å². The number of likely N-dealkylation sites (tertiary alicyclic amines) is 1. The van der Waals surface area contributed by atoms with Crippen molar-refractivity contribution in [2.24, 2.45) is 11.8 Å². The van der Waals surface area contributed by atoms with Crippen LogP contribution in [0.1, 0.15) is 31.2 Å². The van der Waals surface area contributed by atoms with Gasteiger partial charge in [-0.3, -0.25) is 4.79 Å². The first kappa shape index (κ1) is 18.3. The smallest absolute Gasteiger partial charge is 0.246 e. The number of sulfonamides is 1. The van der Waals surface area contributed by atoms with Gasteiger partial charge in [0, 0.05) is 13.1 Å². The molecule has 3 atom stereocenters. The number of hydrogen-bond donors (Lipinski definition) is 2. The zero-order valence-electron chi connectivity index (χ0n) is 14.9. The van der Waals surface area contributed by atoms with E-state index < -0.39 is 16.1 Å². The summed E-state index contributed by atoms with van der Waals surface area (Å²) in [5, 5.41) is 7.08. The first-order chi connectivity index (χ1) is 11.8. The first-order valence-corrected chi connectivity index (χ1v) is 10.2. The van der Waals surface area contributed by atoms with Crippen LogP contribution in [0.25, 0.3) is 0 Å². The van der Waals surface area contributed by atoms with Crippen LogP contribution in [0.5, 0.6) is 0 Å². The fraction of sp³-hybridized carbons (Fsp3) is 0.750. The highest BCUT2D eigenvalue weighted by atomic mass is 32.2. The van der Waals surface area contributed by atoms with Gasteiger partial charge in [0.25, 0.3) is 0 Å². The zero-order chi connectivity index (χ0) is 18.2. The second-order valence-corrected chi connectivity index (χ2v) is 8.73. The molecule has 2 saturated heterocycles. The molecule has 0 radical (unpaired) electrons. The molecule has 0 aromatic carbocycles. The maximum absolute atomic E-state index is 12.7. The van der Waals surface area contributed by atoms with Gasteiger partial charge in [0.2, 0.25) is 15.9 Å². The Balaban J connectivity index is 1.66. The lowest BCUT2D eigenvalue weighted by atomic mass is 9.92. The number of hydrogen-bond acceptors (Lipinski definition) is 6. The number of carbonyl (C=O) groups excluding carboxylic acids is 1. The van der Waals surface area contributed by atoms with Crippen LogP contribution >= 0.6 is 0 Å². The van der Waals surface area contributed by atoms with Gasteiger partial charge >= 0.3 is 0 Å². The summed E-state index contributed by atoms with van der Waals surface area (Å²) in [5.74, 6) is 1.28. The van der Waals surface area contributed by atoms with Crippen LogP contribution in [0.15, 0.2) is 9.42 Å². The average molecular weight is 370 g/mol. The molecule has 3 heterocycles. The van der Waals surface area contributed by atoms with Gasteiger partial charge in [-0.05, 0) is 58.5 Å². The van der Waals surface area contributed by atoms with Crippen molar-refractivity contribution in [3.63, 3.8) is 0 Å². The molecule has 2 aliphatic rings. The Morgan fingerprint density at radius 1 is 1.28 bits per heavy atom. The molecule has 2 aliphatic heterocycles. The number of aromatic nitrogens is 1. The van der Waals surface area contributed by atoms with Crippen LogP contribution in [-0.2, 0) is 14.8 Å². The van der Waals surface area contributed by atoms with Crippen LogP contribution in [-0.4, -0.2) is 56.6 Å². The molecule has 0 saturated carbocycles. The highest BCUT2D eigenvalue weighted by Gasteiger charge is 2.34. The normalized spacial score (nSPS) is 25.5. The molecule has 0 aliphatic carbocycles. The van der Waals surface area contributed by atoms with E-state index in [1.807, 2.05) is 0 Å². The number of fused-ring (bicyclic) bond motifs is 1. The van der Waals surface area contributed by atoms with E-state index in [0.717, 1.165) is 25.9 Å². The third-order valence-electron chi connectivity index (χ3n) is 5.27. The molecule has 1 unspecified atom stereocenters. The fourth-order valence-corrected chi connectivity index (χ4v) is 5.44. The molecule has 0 spiro atoms. The summed E-state index contributed by atoms with van der Waals surface area (Å²) in [6, 6.07) is -0.824. The fourth-order valence-electron chi connectivity index (χ4n) is 3.91. The number of nitrogens with one attached hydrogen (secondary N) is 2. The maximum atomic E-state index is 12.7. The Morgan fingerprint density at radius 2 is 1.88 bits per heavy atom. The summed E-state index contributed by atoms with van der Waals surface area (Å²) in [6.45, 7) is 8.09. The van der Waals surface area contributed by atoms with Crippen molar-refractivity contribution in [3.8, 4) is 0 Å². The Hall–Kier alpha value is -1.45. The molecular formula is C16H26N4O4S. The van der Waals surface area contributed by atoms with E-state index in [1.165, 1.54) is 0 Å². The van der Waals surface area contributed by atoms with Gasteiger partial charge in [-0.25, -0.2) is 8.42 Å². The minimum absolute atomic E-state index is 0.0172. The number of nitrogens with zero attached hydrogens (tertiary/aromatic N) is 2. The molecule has 2 fully saturated rings. The van der Waals surface area contributed by atoms with E-state index in [9.17, 15) is 13.2 Å². The SMILES string of the molecule is Cc1noc(C)c1S(=O)(=O)NC(C)C(=O)N1CC[C@@H]2CNC[C@@H]2CC1. The van der Waals surface area contributed by atoms with E-state index in [2.05, 4.69) is 15.2 Å². The Morgan fingerprint density at radius 3 is 2.40 bits per heavy atom. The van der Waals surface area contributed by atoms with E-state index in [1.54, 1.807) is 25.7 Å². The predicted octanol–water partition coefficient (Wildman–Crippen LogP) is 0.416. The monoisotopic (exact) mass is 370 g/mol. The lowest BCUT2D eigenvalue weighted by Crippen LogP contribution is -2.47. The highest BCUT2D eigenvalue weighted by molar-refractivity contribution is 7.89. The minimum atomic E-state index is -3.85. The summed E-state index contributed by atoms with van der Waals surface area (Å²) >= 11 is 0. The predicted molar refractivity (Wildman–Crippen MR) is 91.4 cm³/mol. The molecule has 2 N–H and O–H groups in total. The van der Waals surface area contributed by atoms with Crippen LogP contribution < -0.4 is 10.0 Å². The lowest BCUT2D eigenvalue weighted by molar-refractivity contribution is -0.132. The molecule has 0 bridgehead atoms. The minimum Gasteiger partial charge on any atom is -0.360 e. The molecule has 140 valence electrons. The molecule has 3 rings (SSSR count). The molecule has 8 nitrogen and oxygen atoms in total. The van der Waals surface area contributed by atoms with Gasteiger partial charge in [0.1, 0.15) is 10.6 Å². The standard InChI is InChI=1S/C16H26N4O4S/c1-10-15(12(3)24-18-10)25(22,23)19-11(2)16(21)20-6-4-13-8-17-9-14(13)5-7-20/h11,13-14,17,19H,4-9H2,1-3H3/t11?,13-,14+. The van der Waals surface area contributed by atoms with Crippen LogP contribution in [0.2, 0.25) is 0 Å². The van der Waals surface area contributed by atoms with Crippen molar-refractivity contribution in [1.82, 2.24) is 20.1 Å². The van der Waals surface area contributed by atoms with Gasteiger partial charge in [-0.15, -0.1) is 0 Å². The van der Waals surface area contributed by atoms with Crippen molar-refractivity contribution < 1.29 is 17.7 Å². The largest absolute Gasteiger partial charge is 0.360 e. The van der Waals surface area contributed by atoms with Crippen molar-refractivity contribution >= 4 is 15.9 Å². The van der Waals surface area contributed by atoms with Crippen molar-refractivity contribution in [1.29, 1.82) is 0 Å². The average Bonchev–Trinajstić information content (AvgIpc) is 3.07. The zero-order valence-corrected chi connectivity index (χ0v) is 15.7. The molecule has 1 aromatic heterocycles. The van der Waals surface area contributed by atoms with Crippen LogP contribution in [0.4, 0.5) is 0 Å². The first-order valence-electron chi connectivity index (χ1n) is 8.74. The third-order valence-corrected chi connectivity index (χ3v) is 7.05. The summed E-state index contributed by atoms with van der Waals surface area (Å²) in [7, 11) is -3.85. The molecule has 1 aromatic rings. The Labute approximate surface area is 148 Å².